The fourth-order valence-electron chi connectivity index (χ4n) is 3.50. The summed E-state index contributed by atoms with van der Waals surface area (Å²) in [5.41, 5.74) is 3.28. The van der Waals surface area contributed by atoms with Crippen molar-refractivity contribution in [3.8, 4) is 5.75 Å². The van der Waals surface area contributed by atoms with Crippen molar-refractivity contribution in [1.29, 1.82) is 0 Å². The number of carbonyl (C=O) groups excluding carboxylic acids is 4. The van der Waals surface area contributed by atoms with Gasteiger partial charge in [-0.3, -0.25) is 19.7 Å². The molecule has 1 heterocycles. The summed E-state index contributed by atoms with van der Waals surface area (Å²) in [6.45, 7) is 3.56. The molecule has 3 aromatic rings. The van der Waals surface area contributed by atoms with E-state index >= 15 is 0 Å². The minimum atomic E-state index is -0.792. The van der Waals surface area contributed by atoms with Gasteiger partial charge in [0.1, 0.15) is 11.3 Å². The number of para-hydroxylation sites is 1. The Labute approximate surface area is 202 Å². The highest BCUT2D eigenvalue weighted by molar-refractivity contribution is 6.39. The molecule has 0 bridgehead atoms. The molecule has 0 aromatic heterocycles. The van der Waals surface area contributed by atoms with E-state index in [4.69, 9.17) is 4.74 Å². The summed E-state index contributed by atoms with van der Waals surface area (Å²) in [5.74, 6) is -1.33. The zero-order chi connectivity index (χ0) is 24.9. The van der Waals surface area contributed by atoms with Crippen molar-refractivity contribution >= 4 is 41.2 Å². The lowest BCUT2D eigenvalue weighted by Crippen LogP contribution is -2.54. The summed E-state index contributed by atoms with van der Waals surface area (Å²) < 4.78 is 5.52. The van der Waals surface area contributed by atoms with Gasteiger partial charge in [0.25, 0.3) is 17.7 Å². The molecule has 0 radical (unpaired) electrons. The summed E-state index contributed by atoms with van der Waals surface area (Å²) in [6.07, 6.45) is 1.41. The average Bonchev–Trinajstić information content (AvgIpc) is 2.84. The Bertz CT molecular complexity index is 1330. The number of ether oxygens (including phenoxy) is 1. The minimum Gasteiger partial charge on any atom is -0.484 e. The van der Waals surface area contributed by atoms with Crippen LogP contribution in [0.3, 0.4) is 0 Å². The van der Waals surface area contributed by atoms with Crippen LogP contribution in [0.5, 0.6) is 5.75 Å². The number of urea groups is 1. The van der Waals surface area contributed by atoms with Crippen LogP contribution in [0.25, 0.3) is 6.08 Å². The van der Waals surface area contributed by atoms with E-state index in [-0.39, 0.29) is 18.1 Å². The highest BCUT2D eigenvalue weighted by Gasteiger charge is 2.37. The van der Waals surface area contributed by atoms with Gasteiger partial charge in [-0.25, -0.2) is 9.69 Å². The molecule has 1 aliphatic heterocycles. The Morgan fingerprint density at radius 1 is 0.943 bits per heavy atom. The Hall–Kier alpha value is -4.72. The number of amides is 5. The molecule has 176 valence electrons. The van der Waals surface area contributed by atoms with Gasteiger partial charge >= 0.3 is 6.03 Å². The van der Waals surface area contributed by atoms with Crippen molar-refractivity contribution in [2.75, 3.05) is 16.8 Å². The molecule has 2 N–H and O–H groups in total. The maximum absolute atomic E-state index is 13.0. The summed E-state index contributed by atoms with van der Waals surface area (Å²) in [5, 5.41) is 4.96. The van der Waals surface area contributed by atoms with E-state index in [1.165, 1.54) is 6.08 Å². The molecule has 0 saturated carbocycles. The maximum atomic E-state index is 13.0. The molecular weight excluding hydrogens is 446 g/mol. The van der Waals surface area contributed by atoms with Crippen LogP contribution >= 0.6 is 0 Å². The van der Waals surface area contributed by atoms with Crippen LogP contribution in [0.4, 0.5) is 16.2 Å². The van der Waals surface area contributed by atoms with Gasteiger partial charge in [-0.15, -0.1) is 0 Å². The van der Waals surface area contributed by atoms with Crippen LogP contribution in [0.2, 0.25) is 0 Å². The zero-order valence-electron chi connectivity index (χ0n) is 19.2. The molecule has 1 aliphatic rings. The SMILES string of the molecule is Cc1ccc(NC(=O)COc2ccc(/C=C3\C(=O)NC(=O)N(c4ccccc4C)C3=O)cc2)cc1. The number of rotatable bonds is 6. The number of benzene rings is 3. The monoisotopic (exact) mass is 469 g/mol. The van der Waals surface area contributed by atoms with Crippen molar-refractivity contribution < 1.29 is 23.9 Å². The van der Waals surface area contributed by atoms with Crippen molar-refractivity contribution in [2.45, 2.75) is 13.8 Å². The van der Waals surface area contributed by atoms with Gasteiger partial charge in [0.05, 0.1) is 5.69 Å². The van der Waals surface area contributed by atoms with Crippen molar-refractivity contribution in [3.63, 3.8) is 0 Å². The first-order chi connectivity index (χ1) is 16.8. The molecule has 8 heteroatoms. The van der Waals surface area contributed by atoms with Crippen LogP contribution in [0.15, 0.2) is 78.4 Å². The van der Waals surface area contributed by atoms with E-state index < -0.39 is 17.8 Å². The van der Waals surface area contributed by atoms with E-state index in [1.807, 2.05) is 31.2 Å². The van der Waals surface area contributed by atoms with E-state index in [1.54, 1.807) is 55.5 Å². The number of imide groups is 2. The van der Waals surface area contributed by atoms with E-state index in [0.29, 0.717) is 22.7 Å². The molecule has 0 atom stereocenters. The summed E-state index contributed by atoms with van der Waals surface area (Å²) in [6, 6.07) is 20.1. The van der Waals surface area contributed by atoms with Gasteiger partial charge in [-0.2, -0.15) is 0 Å². The van der Waals surface area contributed by atoms with Crippen molar-refractivity contribution in [3.05, 3.63) is 95.1 Å². The molecule has 35 heavy (non-hydrogen) atoms. The third-order valence-electron chi connectivity index (χ3n) is 5.35. The third-order valence-corrected chi connectivity index (χ3v) is 5.35. The number of hydrogen-bond acceptors (Lipinski definition) is 5. The highest BCUT2D eigenvalue weighted by atomic mass is 16.5. The molecule has 1 saturated heterocycles. The second-order valence-corrected chi connectivity index (χ2v) is 8.02. The van der Waals surface area contributed by atoms with E-state index in [2.05, 4.69) is 10.6 Å². The standard InChI is InChI=1S/C27H23N3O5/c1-17-7-11-20(12-8-17)28-24(31)16-35-21-13-9-19(10-14-21)15-22-25(32)29-27(34)30(26(22)33)23-6-4-3-5-18(23)2/h3-15H,16H2,1-2H3,(H,28,31)(H,29,32,34)/b22-15+. The fraction of sp³-hybridized carbons (Fsp3) is 0.111. The topological polar surface area (TPSA) is 105 Å². The zero-order valence-corrected chi connectivity index (χ0v) is 19.2. The number of barbiturate groups is 1. The molecule has 0 aliphatic carbocycles. The Morgan fingerprint density at radius 3 is 2.31 bits per heavy atom. The Morgan fingerprint density at radius 2 is 1.63 bits per heavy atom. The average molecular weight is 469 g/mol. The number of nitrogens with zero attached hydrogens (tertiary/aromatic N) is 1. The van der Waals surface area contributed by atoms with E-state index in [9.17, 15) is 19.2 Å². The first kappa shape index (κ1) is 23.4. The second-order valence-electron chi connectivity index (χ2n) is 8.02. The van der Waals surface area contributed by atoms with Crippen molar-refractivity contribution in [1.82, 2.24) is 5.32 Å². The summed E-state index contributed by atoms with van der Waals surface area (Å²) in [7, 11) is 0. The molecule has 0 spiro atoms. The normalized spacial score (nSPS) is 14.6. The second kappa shape index (κ2) is 10.0. The van der Waals surface area contributed by atoms with Gasteiger partial charge in [-0.05, 0) is 61.4 Å². The van der Waals surface area contributed by atoms with Gasteiger partial charge in [-0.1, -0.05) is 48.0 Å². The van der Waals surface area contributed by atoms with Crippen LogP contribution in [-0.2, 0) is 14.4 Å². The fourth-order valence-corrected chi connectivity index (χ4v) is 3.50. The van der Waals surface area contributed by atoms with Gasteiger partial charge in [0.2, 0.25) is 0 Å². The third kappa shape index (κ3) is 5.44. The van der Waals surface area contributed by atoms with Crippen LogP contribution in [-0.4, -0.2) is 30.4 Å². The molecule has 5 amide bonds. The lowest BCUT2D eigenvalue weighted by Gasteiger charge is -2.27. The first-order valence-electron chi connectivity index (χ1n) is 10.9. The molecule has 4 rings (SSSR count). The largest absolute Gasteiger partial charge is 0.484 e. The number of nitrogens with one attached hydrogen (secondary N) is 2. The number of carbonyl (C=O) groups is 4. The number of aryl methyl sites for hydroxylation is 2. The predicted octanol–water partition coefficient (Wildman–Crippen LogP) is 3.99. The number of hydrogen-bond donors (Lipinski definition) is 2. The van der Waals surface area contributed by atoms with Crippen LogP contribution in [0, 0.1) is 13.8 Å². The first-order valence-corrected chi connectivity index (χ1v) is 10.9. The summed E-state index contributed by atoms with van der Waals surface area (Å²) >= 11 is 0. The van der Waals surface area contributed by atoms with Gasteiger partial charge in [0, 0.05) is 5.69 Å². The smallest absolute Gasteiger partial charge is 0.335 e. The molecular formula is C27H23N3O5. The maximum Gasteiger partial charge on any atom is 0.335 e. The lowest BCUT2D eigenvalue weighted by molar-refractivity contribution is -0.122. The molecule has 1 fully saturated rings. The lowest BCUT2D eigenvalue weighted by atomic mass is 10.1. The predicted molar refractivity (Wildman–Crippen MR) is 132 cm³/mol. The molecule has 0 unspecified atom stereocenters. The quantitative estimate of drug-likeness (QED) is 0.420. The Balaban J connectivity index is 1.43. The van der Waals surface area contributed by atoms with Gasteiger partial charge < -0.3 is 10.1 Å². The molecule has 3 aromatic carbocycles. The minimum absolute atomic E-state index is 0.168. The number of anilines is 2. The van der Waals surface area contributed by atoms with Gasteiger partial charge in [0.15, 0.2) is 6.61 Å². The summed E-state index contributed by atoms with van der Waals surface area (Å²) in [4.78, 5) is 50.8. The van der Waals surface area contributed by atoms with Crippen LogP contribution in [0.1, 0.15) is 16.7 Å². The van der Waals surface area contributed by atoms with Crippen molar-refractivity contribution in [2.24, 2.45) is 0 Å². The highest BCUT2D eigenvalue weighted by Crippen LogP contribution is 2.25. The van der Waals surface area contributed by atoms with E-state index in [0.717, 1.165) is 16.0 Å². The molecule has 8 nitrogen and oxygen atoms in total. The van der Waals surface area contributed by atoms with Crippen LogP contribution < -0.4 is 20.3 Å². The Kier molecular flexibility index (Phi) is 6.73.